The van der Waals surface area contributed by atoms with Crippen molar-refractivity contribution in [1.82, 2.24) is 4.57 Å². The van der Waals surface area contributed by atoms with Crippen LogP contribution in [0.3, 0.4) is 0 Å². The summed E-state index contributed by atoms with van der Waals surface area (Å²) in [5.41, 5.74) is 11.8. The van der Waals surface area contributed by atoms with Crippen LogP contribution in [0.4, 0.5) is 17.1 Å². The van der Waals surface area contributed by atoms with Gasteiger partial charge in [-0.3, -0.25) is 0 Å². The Morgan fingerprint density at radius 1 is 0.296 bits per heavy atom. The number of para-hydroxylation sites is 2. The first-order chi connectivity index (χ1) is 26.8. The maximum absolute atomic E-state index is 2.45. The Bertz CT molecular complexity index is 2990. The molecule has 0 aliphatic carbocycles. The summed E-state index contributed by atoms with van der Waals surface area (Å²) in [6.07, 6.45) is 0. The fourth-order valence-electron chi connectivity index (χ4n) is 8.64. The summed E-state index contributed by atoms with van der Waals surface area (Å²) < 4.78 is 2.45. The van der Waals surface area contributed by atoms with Crippen LogP contribution in [-0.2, 0) is 0 Å². The van der Waals surface area contributed by atoms with Gasteiger partial charge >= 0.3 is 0 Å². The number of benzene rings is 10. The highest BCUT2D eigenvalue weighted by Gasteiger charge is 2.21. The lowest BCUT2D eigenvalue weighted by Crippen LogP contribution is -2.10. The van der Waals surface area contributed by atoms with Crippen LogP contribution in [0, 0.1) is 0 Å². The molecule has 10 aromatic carbocycles. The molecule has 0 saturated carbocycles. The lowest BCUT2D eigenvalue weighted by Gasteiger charge is -2.28. The van der Waals surface area contributed by atoms with Gasteiger partial charge in [0.05, 0.1) is 22.4 Å². The van der Waals surface area contributed by atoms with Crippen molar-refractivity contribution >= 4 is 71.2 Å². The zero-order valence-corrected chi connectivity index (χ0v) is 29.5. The van der Waals surface area contributed by atoms with Gasteiger partial charge in [0.25, 0.3) is 0 Å². The zero-order valence-electron chi connectivity index (χ0n) is 29.5. The van der Waals surface area contributed by atoms with Crippen LogP contribution >= 0.6 is 0 Å². The summed E-state index contributed by atoms with van der Waals surface area (Å²) in [6.45, 7) is 0. The van der Waals surface area contributed by atoms with Crippen LogP contribution in [0.15, 0.2) is 206 Å². The SMILES string of the molecule is c1ccc(-c2ccc(N(c3ccc(-c4ccccc4)cc3)c3ccc4ccc5c(-n6c7ccccc7c7ccccc76)ccc6ccc3c4c65)cc2)cc1. The molecule has 0 saturated heterocycles. The van der Waals surface area contributed by atoms with E-state index in [1.807, 2.05) is 0 Å². The van der Waals surface area contributed by atoms with Crippen molar-refractivity contribution in [3.63, 3.8) is 0 Å². The molecule has 0 aliphatic rings. The van der Waals surface area contributed by atoms with E-state index in [2.05, 4.69) is 216 Å². The number of aromatic nitrogens is 1. The van der Waals surface area contributed by atoms with Crippen molar-refractivity contribution in [3.8, 4) is 27.9 Å². The molecule has 2 nitrogen and oxygen atoms in total. The average molecular weight is 687 g/mol. The van der Waals surface area contributed by atoms with Gasteiger partial charge in [0.1, 0.15) is 0 Å². The highest BCUT2D eigenvalue weighted by Crippen LogP contribution is 2.46. The summed E-state index contributed by atoms with van der Waals surface area (Å²) >= 11 is 0. The number of rotatable bonds is 6. The molecule has 1 heterocycles. The first-order valence-corrected chi connectivity index (χ1v) is 18.6. The van der Waals surface area contributed by atoms with Crippen molar-refractivity contribution in [2.45, 2.75) is 0 Å². The lowest BCUT2D eigenvalue weighted by molar-refractivity contribution is 1.20. The predicted octanol–water partition coefficient (Wildman–Crippen LogP) is 14.5. The third kappa shape index (κ3) is 4.74. The Kier molecular flexibility index (Phi) is 6.90. The largest absolute Gasteiger partial charge is 0.310 e. The second-order valence-electron chi connectivity index (χ2n) is 14.1. The van der Waals surface area contributed by atoms with Crippen LogP contribution in [0.25, 0.3) is 82.1 Å². The molecular weight excluding hydrogens is 653 g/mol. The third-order valence-corrected chi connectivity index (χ3v) is 11.1. The van der Waals surface area contributed by atoms with Gasteiger partial charge < -0.3 is 9.47 Å². The molecule has 0 spiro atoms. The fourth-order valence-corrected chi connectivity index (χ4v) is 8.64. The normalized spacial score (nSPS) is 11.7. The van der Waals surface area contributed by atoms with Crippen molar-refractivity contribution in [3.05, 3.63) is 206 Å². The molecule has 0 bridgehead atoms. The van der Waals surface area contributed by atoms with Gasteiger partial charge in [-0.25, -0.2) is 0 Å². The first-order valence-electron chi connectivity index (χ1n) is 18.6. The highest BCUT2D eigenvalue weighted by molar-refractivity contribution is 6.27. The Morgan fingerprint density at radius 2 is 0.722 bits per heavy atom. The van der Waals surface area contributed by atoms with E-state index in [1.165, 1.54) is 82.1 Å². The van der Waals surface area contributed by atoms with Gasteiger partial charge in [-0.1, -0.05) is 158 Å². The molecule has 0 fully saturated rings. The van der Waals surface area contributed by atoms with E-state index in [0.717, 1.165) is 17.1 Å². The minimum absolute atomic E-state index is 1.11. The molecular formula is C52H34N2. The second kappa shape index (κ2) is 12.2. The Morgan fingerprint density at radius 3 is 1.28 bits per heavy atom. The van der Waals surface area contributed by atoms with Gasteiger partial charge in [-0.15, -0.1) is 0 Å². The summed E-state index contributed by atoms with van der Waals surface area (Å²) in [4.78, 5) is 2.42. The first kappa shape index (κ1) is 30.5. The highest BCUT2D eigenvalue weighted by atomic mass is 15.1. The second-order valence-corrected chi connectivity index (χ2v) is 14.1. The van der Waals surface area contributed by atoms with E-state index >= 15 is 0 Å². The number of nitrogens with zero attached hydrogens (tertiary/aromatic N) is 2. The van der Waals surface area contributed by atoms with Crippen LogP contribution in [0.5, 0.6) is 0 Å². The monoisotopic (exact) mass is 686 g/mol. The van der Waals surface area contributed by atoms with Crippen molar-refractivity contribution in [2.75, 3.05) is 4.90 Å². The van der Waals surface area contributed by atoms with Gasteiger partial charge in [-0.2, -0.15) is 0 Å². The van der Waals surface area contributed by atoms with E-state index in [-0.39, 0.29) is 0 Å². The zero-order chi connectivity index (χ0) is 35.6. The van der Waals surface area contributed by atoms with Gasteiger partial charge in [0, 0.05) is 32.9 Å². The van der Waals surface area contributed by atoms with E-state index in [4.69, 9.17) is 0 Å². The number of hydrogen-bond donors (Lipinski definition) is 0. The third-order valence-electron chi connectivity index (χ3n) is 11.1. The van der Waals surface area contributed by atoms with Gasteiger partial charge in [0.2, 0.25) is 0 Å². The number of hydrogen-bond acceptors (Lipinski definition) is 1. The van der Waals surface area contributed by atoms with E-state index < -0.39 is 0 Å². The molecule has 11 rings (SSSR count). The molecule has 0 unspecified atom stereocenters. The Labute approximate surface area is 313 Å². The Hall–Kier alpha value is -7.16. The smallest absolute Gasteiger partial charge is 0.0541 e. The minimum atomic E-state index is 1.11. The lowest BCUT2D eigenvalue weighted by atomic mass is 9.92. The summed E-state index contributed by atoms with van der Waals surface area (Å²) in [5.74, 6) is 0. The molecule has 0 amide bonds. The molecule has 0 radical (unpaired) electrons. The molecule has 54 heavy (non-hydrogen) atoms. The van der Waals surface area contributed by atoms with Crippen LogP contribution in [0.1, 0.15) is 0 Å². The standard InChI is InChI=1S/C52H34N2/c1-3-11-35(12-4-1)37-19-27-41(28-20-37)53(42-29-21-38(22-30-42)36-13-5-2-6-14-36)49-33-25-39-24-32-46-50(34-26-40-23-31-45(49)51(39)52(40)46)54-47-17-9-7-15-43(47)44-16-8-10-18-48(44)54/h1-34H. The van der Waals surface area contributed by atoms with Crippen LogP contribution in [-0.4, -0.2) is 4.57 Å². The molecule has 252 valence electrons. The van der Waals surface area contributed by atoms with Crippen LogP contribution < -0.4 is 4.90 Å². The van der Waals surface area contributed by atoms with E-state index in [9.17, 15) is 0 Å². The number of fused-ring (bicyclic) bond motifs is 3. The Balaban J connectivity index is 1.14. The minimum Gasteiger partial charge on any atom is -0.310 e. The molecule has 0 atom stereocenters. The average Bonchev–Trinajstić information content (AvgIpc) is 3.58. The molecule has 0 N–H and O–H groups in total. The van der Waals surface area contributed by atoms with Crippen molar-refractivity contribution in [2.24, 2.45) is 0 Å². The van der Waals surface area contributed by atoms with Crippen LogP contribution in [0.2, 0.25) is 0 Å². The topological polar surface area (TPSA) is 8.17 Å². The number of anilines is 3. The maximum Gasteiger partial charge on any atom is 0.0541 e. The summed E-state index contributed by atoms with van der Waals surface area (Å²) in [6, 6.07) is 75.2. The van der Waals surface area contributed by atoms with Crippen molar-refractivity contribution < 1.29 is 0 Å². The maximum atomic E-state index is 2.45. The molecule has 2 heteroatoms. The van der Waals surface area contributed by atoms with E-state index in [1.54, 1.807) is 0 Å². The molecule has 0 aliphatic heterocycles. The van der Waals surface area contributed by atoms with E-state index in [0.29, 0.717) is 0 Å². The fraction of sp³-hybridized carbons (Fsp3) is 0. The van der Waals surface area contributed by atoms with Crippen molar-refractivity contribution in [1.29, 1.82) is 0 Å². The summed E-state index contributed by atoms with van der Waals surface area (Å²) in [5, 5.41) is 10.1. The summed E-state index contributed by atoms with van der Waals surface area (Å²) in [7, 11) is 0. The quantitative estimate of drug-likeness (QED) is 0.158. The van der Waals surface area contributed by atoms with Gasteiger partial charge in [0.15, 0.2) is 0 Å². The predicted molar refractivity (Wildman–Crippen MR) is 230 cm³/mol. The molecule has 11 aromatic rings. The molecule has 1 aromatic heterocycles. The van der Waals surface area contributed by atoms with Gasteiger partial charge in [-0.05, 0) is 92.3 Å².